The number of hydrogen-bond donors (Lipinski definition) is 1. The molecule has 0 saturated heterocycles. The number of sulfonamides is 1. The van der Waals surface area contributed by atoms with E-state index in [9.17, 15) is 8.42 Å². The first-order chi connectivity index (χ1) is 8.31. The first kappa shape index (κ1) is 15.0. The maximum Gasteiger partial charge on any atom is 0.209 e. The monoisotopic (exact) mass is 271 g/mol. The average molecular weight is 271 g/mol. The van der Waals surface area contributed by atoms with Gasteiger partial charge in [0.15, 0.2) is 0 Å². The van der Waals surface area contributed by atoms with Crippen molar-refractivity contribution < 1.29 is 13.2 Å². The van der Waals surface area contributed by atoms with Gasteiger partial charge in [0.1, 0.15) is 5.75 Å². The number of hydrogen-bond acceptors (Lipinski definition) is 3. The molecule has 0 saturated carbocycles. The van der Waals surface area contributed by atoms with E-state index in [1.165, 1.54) is 6.26 Å². The highest BCUT2D eigenvalue weighted by molar-refractivity contribution is 7.88. The quantitative estimate of drug-likeness (QED) is 0.864. The fourth-order valence-corrected chi connectivity index (χ4v) is 2.57. The lowest BCUT2D eigenvalue weighted by Crippen LogP contribution is -2.28. The second-order valence-corrected chi connectivity index (χ2v) is 6.63. The largest absolute Gasteiger partial charge is 0.497 e. The molecule has 18 heavy (non-hydrogen) atoms. The van der Waals surface area contributed by atoms with Crippen molar-refractivity contribution in [2.24, 2.45) is 5.92 Å². The summed E-state index contributed by atoms with van der Waals surface area (Å²) in [5, 5.41) is 0. The Morgan fingerprint density at radius 1 is 1.22 bits per heavy atom. The van der Waals surface area contributed by atoms with E-state index < -0.39 is 10.0 Å². The molecule has 1 N–H and O–H groups in total. The summed E-state index contributed by atoms with van der Waals surface area (Å²) < 4.78 is 30.5. The second-order valence-electron chi connectivity index (χ2n) is 4.85. The molecule has 4 nitrogen and oxygen atoms in total. The van der Waals surface area contributed by atoms with Crippen LogP contribution >= 0.6 is 0 Å². The second kappa shape index (κ2) is 6.20. The van der Waals surface area contributed by atoms with Crippen LogP contribution in [-0.2, 0) is 10.0 Å². The Labute approximate surface area is 109 Å². The van der Waals surface area contributed by atoms with Crippen LogP contribution in [0.1, 0.15) is 31.9 Å². The first-order valence-electron chi connectivity index (χ1n) is 5.93. The molecule has 0 aromatic heterocycles. The Morgan fingerprint density at radius 2 is 1.78 bits per heavy atom. The SMILES string of the molecule is COc1ccc(C(CC(C)C)NS(C)(=O)=O)cc1. The van der Waals surface area contributed by atoms with E-state index in [2.05, 4.69) is 18.6 Å². The predicted octanol–water partition coefficient (Wildman–Crippen LogP) is 2.33. The highest BCUT2D eigenvalue weighted by atomic mass is 32.2. The van der Waals surface area contributed by atoms with Crippen molar-refractivity contribution in [3.63, 3.8) is 0 Å². The summed E-state index contributed by atoms with van der Waals surface area (Å²) >= 11 is 0. The third kappa shape index (κ3) is 5.06. The van der Waals surface area contributed by atoms with Crippen LogP contribution in [0.25, 0.3) is 0 Å². The topological polar surface area (TPSA) is 55.4 Å². The molecular weight excluding hydrogens is 250 g/mol. The maximum atomic E-state index is 11.4. The molecule has 1 atom stereocenters. The summed E-state index contributed by atoms with van der Waals surface area (Å²) in [7, 11) is -1.61. The molecule has 0 radical (unpaired) electrons. The van der Waals surface area contributed by atoms with Crippen LogP contribution in [0, 0.1) is 5.92 Å². The molecule has 1 aromatic carbocycles. The fraction of sp³-hybridized carbons (Fsp3) is 0.538. The van der Waals surface area contributed by atoms with Gasteiger partial charge in [-0.05, 0) is 30.0 Å². The van der Waals surface area contributed by atoms with Crippen LogP contribution < -0.4 is 9.46 Å². The zero-order chi connectivity index (χ0) is 13.8. The predicted molar refractivity (Wildman–Crippen MR) is 73.2 cm³/mol. The molecule has 0 aliphatic rings. The van der Waals surface area contributed by atoms with Gasteiger partial charge >= 0.3 is 0 Å². The zero-order valence-corrected chi connectivity index (χ0v) is 12.1. The fourth-order valence-electron chi connectivity index (χ4n) is 1.82. The number of methoxy groups -OCH3 is 1. The van der Waals surface area contributed by atoms with Gasteiger partial charge in [-0.25, -0.2) is 13.1 Å². The average Bonchev–Trinajstić information content (AvgIpc) is 2.26. The van der Waals surface area contributed by atoms with Gasteiger partial charge < -0.3 is 4.74 Å². The van der Waals surface area contributed by atoms with E-state index in [0.717, 1.165) is 17.7 Å². The Hall–Kier alpha value is -1.07. The van der Waals surface area contributed by atoms with E-state index in [0.29, 0.717) is 5.92 Å². The van der Waals surface area contributed by atoms with Crippen molar-refractivity contribution in [3.05, 3.63) is 29.8 Å². The molecule has 0 aliphatic carbocycles. The lowest BCUT2D eigenvalue weighted by molar-refractivity contribution is 0.414. The zero-order valence-electron chi connectivity index (χ0n) is 11.3. The van der Waals surface area contributed by atoms with Crippen LogP contribution in [-0.4, -0.2) is 21.8 Å². The minimum atomic E-state index is -3.21. The van der Waals surface area contributed by atoms with E-state index in [1.807, 2.05) is 24.3 Å². The van der Waals surface area contributed by atoms with Gasteiger partial charge in [0, 0.05) is 6.04 Å². The number of rotatable bonds is 6. The van der Waals surface area contributed by atoms with Crippen molar-refractivity contribution in [1.82, 2.24) is 4.72 Å². The summed E-state index contributed by atoms with van der Waals surface area (Å²) in [6.45, 7) is 4.14. The van der Waals surface area contributed by atoms with Crippen molar-refractivity contribution in [2.45, 2.75) is 26.3 Å². The van der Waals surface area contributed by atoms with E-state index in [4.69, 9.17) is 4.74 Å². The van der Waals surface area contributed by atoms with Crippen molar-refractivity contribution >= 4 is 10.0 Å². The number of benzene rings is 1. The third-order valence-corrected chi connectivity index (χ3v) is 3.29. The Balaban J connectivity index is 2.93. The molecule has 0 spiro atoms. The minimum Gasteiger partial charge on any atom is -0.497 e. The molecule has 1 rings (SSSR count). The van der Waals surface area contributed by atoms with Crippen LogP contribution in [0.4, 0.5) is 0 Å². The highest BCUT2D eigenvalue weighted by Crippen LogP contribution is 2.24. The molecule has 5 heteroatoms. The molecular formula is C13H21NO3S. The summed E-state index contributed by atoms with van der Waals surface area (Å²) in [5.41, 5.74) is 0.954. The number of ether oxygens (including phenoxy) is 1. The summed E-state index contributed by atoms with van der Waals surface area (Å²) in [6, 6.07) is 7.28. The Bertz CT molecular complexity index is 466. The normalized spacial score (nSPS) is 13.6. The van der Waals surface area contributed by atoms with Gasteiger partial charge in [0.2, 0.25) is 10.0 Å². The highest BCUT2D eigenvalue weighted by Gasteiger charge is 2.17. The van der Waals surface area contributed by atoms with Crippen molar-refractivity contribution in [3.8, 4) is 5.75 Å². The summed E-state index contributed by atoms with van der Waals surface area (Å²) in [5.74, 6) is 1.17. The lowest BCUT2D eigenvalue weighted by Gasteiger charge is -2.20. The molecule has 0 amide bonds. The minimum absolute atomic E-state index is 0.189. The van der Waals surface area contributed by atoms with Gasteiger partial charge in [0.05, 0.1) is 13.4 Å². The van der Waals surface area contributed by atoms with Crippen LogP contribution in [0.15, 0.2) is 24.3 Å². The number of nitrogens with one attached hydrogen (secondary N) is 1. The van der Waals surface area contributed by atoms with Crippen molar-refractivity contribution in [1.29, 1.82) is 0 Å². The molecule has 1 aromatic rings. The molecule has 102 valence electrons. The van der Waals surface area contributed by atoms with Gasteiger partial charge in [-0.2, -0.15) is 0 Å². The van der Waals surface area contributed by atoms with Crippen LogP contribution in [0.2, 0.25) is 0 Å². The summed E-state index contributed by atoms with van der Waals surface area (Å²) in [6.07, 6.45) is 1.95. The molecule has 0 fully saturated rings. The van der Waals surface area contributed by atoms with Gasteiger partial charge in [0.25, 0.3) is 0 Å². The smallest absolute Gasteiger partial charge is 0.209 e. The van der Waals surface area contributed by atoms with E-state index >= 15 is 0 Å². The first-order valence-corrected chi connectivity index (χ1v) is 7.82. The summed E-state index contributed by atoms with van der Waals surface area (Å²) in [4.78, 5) is 0. The van der Waals surface area contributed by atoms with Gasteiger partial charge in [-0.15, -0.1) is 0 Å². The van der Waals surface area contributed by atoms with Gasteiger partial charge in [-0.3, -0.25) is 0 Å². The molecule has 0 bridgehead atoms. The Kier molecular flexibility index (Phi) is 5.16. The van der Waals surface area contributed by atoms with E-state index in [-0.39, 0.29) is 6.04 Å². The Morgan fingerprint density at radius 3 is 2.17 bits per heavy atom. The van der Waals surface area contributed by atoms with E-state index in [1.54, 1.807) is 7.11 Å². The molecule has 0 heterocycles. The molecule has 1 unspecified atom stereocenters. The van der Waals surface area contributed by atoms with Gasteiger partial charge in [-0.1, -0.05) is 26.0 Å². The standard InChI is InChI=1S/C13H21NO3S/c1-10(2)9-13(14-18(4,15)16)11-5-7-12(17-3)8-6-11/h5-8,10,13-14H,9H2,1-4H3. The van der Waals surface area contributed by atoms with Crippen LogP contribution in [0.3, 0.4) is 0 Å². The maximum absolute atomic E-state index is 11.4. The van der Waals surface area contributed by atoms with Crippen molar-refractivity contribution in [2.75, 3.05) is 13.4 Å². The molecule has 0 aliphatic heterocycles. The van der Waals surface area contributed by atoms with Crippen LogP contribution in [0.5, 0.6) is 5.75 Å². The third-order valence-electron chi connectivity index (χ3n) is 2.58. The lowest BCUT2D eigenvalue weighted by atomic mass is 9.98.